The summed E-state index contributed by atoms with van der Waals surface area (Å²) in [5.74, 6) is -1.74. The summed E-state index contributed by atoms with van der Waals surface area (Å²) in [6.45, 7) is 2.06. The average Bonchev–Trinajstić information content (AvgIpc) is 2.47. The molecule has 0 aromatic carbocycles. The van der Waals surface area contributed by atoms with E-state index in [1.54, 1.807) is 13.0 Å². The number of hydrogen-bond acceptors (Lipinski definition) is 6. The van der Waals surface area contributed by atoms with Crippen molar-refractivity contribution in [2.24, 2.45) is 5.73 Å². The highest BCUT2D eigenvalue weighted by Crippen LogP contribution is 2.09. The average molecular weight is 330 g/mol. The Morgan fingerprint density at radius 2 is 1.91 bits per heavy atom. The molecule has 124 valence electrons. The largest absolute Gasteiger partial charge is 0.481 e. The fourth-order valence-corrected chi connectivity index (χ4v) is 2.33. The third-order valence-electron chi connectivity index (χ3n) is 2.61. The predicted octanol–water partition coefficient (Wildman–Crippen LogP) is 0.480. The van der Waals surface area contributed by atoms with Gasteiger partial charge < -0.3 is 16.2 Å². The van der Waals surface area contributed by atoms with Gasteiger partial charge in [-0.05, 0) is 26.0 Å². The summed E-state index contributed by atoms with van der Waals surface area (Å²) in [5, 5.41) is 10.9. The molecular weight excluding hydrogens is 308 g/mol. The highest BCUT2D eigenvalue weighted by atomic mass is 32.2. The van der Waals surface area contributed by atoms with Crippen LogP contribution in [0, 0.1) is 0 Å². The molecule has 0 aliphatic carbocycles. The number of carbonyl (C=O) groups is 4. The Kier molecular flexibility index (Phi) is 11.0. The van der Waals surface area contributed by atoms with Crippen molar-refractivity contribution in [3.8, 4) is 0 Å². The zero-order chi connectivity index (χ0) is 17.0. The third kappa shape index (κ3) is 10.1. The van der Waals surface area contributed by atoms with Crippen LogP contribution in [-0.2, 0) is 19.2 Å². The number of nitrogens with two attached hydrogens (primary N) is 1. The summed E-state index contributed by atoms with van der Waals surface area (Å²) in [7, 11) is 0. The predicted molar refractivity (Wildman–Crippen MR) is 84.4 cm³/mol. The Morgan fingerprint density at radius 3 is 2.45 bits per heavy atom. The van der Waals surface area contributed by atoms with E-state index in [1.807, 2.05) is 0 Å². The molecule has 0 aliphatic heterocycles. The van der Waals surface area contributed by atoms with E-state index in [1.165, 1.54) is 6.08 Å². The lowest BCUT2D eigenvalue weighted by Crippen LogP contribution is -2.43. The smallest absolute Gasteiger partial charge is 0.303 e. The molecule has 1 amide bonds. The lowest BCUT2D eigenvalue weighted by atomic mass is 10.1. The first-order valence-electron chi connectivity index (χ1n) is 6.94. The Morgan fingerprint density at radius 1 is 1.23 bits per heavy atom. The van der Waals surface area contributed by atoms with Gasteiger partial charge in [0.15, 0.2) is 5.78 Å². The second-order valence-electron chi connectivity index (χ2n) is 4.50. The molecule has 0 saturated heterocycles. The van der Waals surface area contributed by atoms with Crippen molar-refractivity contribution in [2.45, 2.75) is 38.6 Å². The molecule has 7 nitrogen and oxygen atoms in total. The number of thioether (sulfide) groups is 1. The van der Waals surface area contributed by atoms with Gasteiger partial charge in [-0.2, -0.15) is 0 Å². The second kappa shape index (κ2) is 11.9. The normalized spacial score (nSPS) is 12.1. The van der Waals surface area contributed by atoms with Crippen molar-refractivity contribution in [3.63, 3.8) is 0 Å². The molecule has 22 heavy (non-hydrogen) atoms. The Labute approximate surface area is 133 Å². The summed E-state index contributed by atoms with van der Waals surface area (Å²) in [4.78, 5) is 45.6. The zero-order valence-corrected chi connectivity index (χ0v) is 13.4. The van der Waals surface area contributed by atoms with E-state index in [-0.39, 0.29) is 36.0 Å². The first kappa shape index (κ1) is 20.3. The van der Waals surface area contributed by atoms with Crippen molar-refractivity contribution < 1.29 is 24.3 Å². The third-order valence-corrected chi connectivity index (χ3v) is 3.53. The number of aliphatic carboxylic acids is 1. The first-order valence-corrected chi connectivity index (χ1v) is 7.92. The van der Waals surface area contributed by atoms with Gasteiger partial charge in [0.25, 0.3) is 0 Å². The van der Waals surface area contributed by atoms with E-state index < -0.39 is 17.8 Å². The summed E-state index contributed by atoms with van der Waals surface area (Å²) in [6, 6.07) is -0.871. The molecule has 4 N–H and O–H groups in total. The van der Waals surface area contributed by atoms with Crippen LogP contribution in [0.3, 0.4) is 0 Å². The maximum Gasteiger partial charge on any atom is 0.303 e. The number of hydrogen-bond donors (Lipinski definition) is 3. The quantitative estimate of drug-likeness (QED) is 0.470. The SMILES string of the molecule is CC=CC(=O)SC[C@@H](NC(=O)CCCN)C(=O)CCC(=O)O. The Hall–Kier alpha value is -1.67. The molecule has 0 aromatic heterocycles. The van der Waals surface area contributed by atoms with E-state index >= 15 is 0 Å². The summed E-state index contributed by atoms with van der Waals surface area (Å²) in [6.07, 6.45) is 3.13. The van der Waals surface area contributed by atoms with Crippen LogP contribution in [0.15, 0.2) is 12.2 Å². The summed E-state index contributed by atoms with van der Waals surface area (Å²) >= 11 is 0.904. The number of rotatable bonds is 11. The fourth-order valence-electron chi connectivity index (χ4n) is 1.50. The van der Waals surface area contributed by atoms with Crippen LogP contribution in [0.2, 0.25) is 0 Å². The van der Waals surface area contributed by atoms with Crippen molar-refractivity contribution >= 4 is 34.5 Å². The van der Waals surface area contributed by atoms with E-state index in [2.05, 4.69) is 5.32 Å². The molecule has 0 aliphatic rings. The molecular formula is C14H22N2O5S. The van der Waals surface area contributed by atoms with E-state index in [0.29, 0.717) is 13.0 Å². The van der Waals surface area contributed by atoms with E-state index in [9.17, 15) is 19.2 Å². The number of allylic oxidation sites excluding steroid dienone is 1. The molecule has 0 saturated carbocycles. The van der Waals surface area contributed by atoms with Gasteiger partial charge in [-0.3, -0.25) is 19.2 Å². The number of carboxylic acid groups (broad SMARTS) is 1. The van der Waals surface area contributed by atoms with Crippen LogP contribution < -0.4 is 11.1 Å². The molecule has 0 heterocycles. The van der Waals surface area contributed by atoms with E-state index in [4.69, 9.17) is 10.8 Å². The lowest BCUT2D eigenvalue weighted by molar-refractivity contribution is -0.138. The molecule has 0 bridgehead atoms. The van der Waals surface area contributed by atoms with Gasteiger partial charge in [0.05, 0.1) is 12.5 Å². The monoisotopic (exact) mass is 330 g/mol. The fraction of sp³-hybridized carbons (Fsp3) is 0.571. The minimum Gasteiger partial charge on any atom is -0.481 e. The number of carbonyl (C=O) groups excluding carboxylic acids is 3. The van der Waals surface area contributed by atoms with Crippen LogP contribution >= 0.6 is 11.8 Å². The van der Waals surface area contributed by atoms with Crippen LogP contribution in [0.1, 0.15) is 32.6 Å². The number of carboxylic acids is 1. The van der Waals surface area contributed by atoms with E-state index in [0.717, 1.165) is 11.8 Å². The first-order chi connectivity index (χ1) is 10.4. The number of ketones is 1. The second-order valence-corrected chi connectivity index (χ2v) is 5.53. The molecule has 0 aromatic rings. The van der Waals surface area contributed by atoms with Gasteiger partial charge in [0, 0.05) is 18.6 Å². The number of amides is 1. The van der Waals surface area contributed by atoms with Crippen LogP contribution in [0.5, 0.6) is 0 Å². The standard InChI is InChI=1S/C14H22N2O5S/c1-2-4-14(21)22-9-10(11(17)6-7-13(19)20)16-12(18)5-3-8-15/h2,4,10H,3,5-9,15H2,1H3,(H,16,18)(H,19,20)/t10-/m1/s1. The number of nitrogens with one attached hydrogen (secondary N) is 1. The molecule has 0 radical (unpaired) electrons. The van der Waals surface area contributed by atoms with Crippen molar-refractivity contribution in [2.75, 3.05) is 12.3 Å². The maximum atomic E-state index is 12.0. The molecule has 8 heteroatoms. The van der Waals surface area contributed by atoms with Crippen LogP contribution in [0.25, 0.3) is 0 Å². The van der Waals surface area contributed by atoms with Crippen molar-refractivity contribution in [1.29, 1.82) is 0 Å². The minimum atomic E-state index is -1.08. The van der Waals surface area contributed by atoms with Gasteiger partial charge in [-0.15, -0.1) is 0 Å². The van der Waals surface area contributed by atoms with Gasteiger partial charge in [0.1, 0.15) is 0 Å². The molecule has 0 fully saturated rings. The lowest BCUT2D eigenvalue weighted by Gasteiger charge is -2.16. The topological polar surface area (TPSA) is 127 Å². The molecule has 0 spiro atoms. The number of Topliss-reactive ketones (excluding diaryl/α,β-unsaturated/α-hetero) is 1. The Balaban J connectivity index is 4.60. The van der Waals surface area contributed by atoms with Crippen molar-refractivity contribution in [1.82, 2.24) is 5.32 Å². The Bertz CT molecular complexity index is 437. The van der Waals surface area contributed by atoms with Gasteiger partial charge in [0.2, 0.25) is 11.0 Å². The van der Waals surface area contributed by atoms with Crippen LogP contribution in [0.4, 0.5) is 0 Å². The van der Waals surface area contributed by atoms with Crippen molar-refractivity contribution in [3.05, 3.63) is 12.2 Å². The van der Waals surface area contributed by atoms with Gasteiger partial charge in [-0.25, -0.2) is 0 Å². The summed E-state index contributed by atoms with van der Waals surface area (Å²) < 4.78 is 0. The zero-order valence-electron chi connectivity index (χ0n) is 12.5. The molecule has 1 atom stereocenters. The van der Waals surface area contributed by atoms with Gasteiger partial charge in [-0.1, -0.05) is 17.8 Å². The molecule has 0 unspecified atom stereocenters. The van der Waals surface area contributed by atoms with Crippen LogP contribution in [-0.4, -0.2) is 46.2 Å². The maximum absolute atomic E-state index is 12.0. The summed E-state index contributed by atoms with van der Waals surface area (Å²) in [5.41, 5.74) is 5.31. The highest BCUT2D eigenvalue weighted by molar-refractivity contribution is 8.14. The highest BCUT2D eigenvalue weighted by Gasteiger charge is 2.22. The molecule has 0 rings (SSSR count). The van der Waals surface area contributed by atoms with Gasteiger partial charge >= 0.3 is 5.97 Å². The minimum absolute atomic E-state index is 0.0794.